The van der Waals surface area contributed by atoms with Gasteiger partial charge in [0.15, 0.2) is 5.69 Å². The van der Waals surface area contributed by atoms with Crippen molar-refractivity contribution in [1.29, 1.82) is 0 Å². The molecule has 3 aromatic carbocycles. The number of aromatic nitrogens is 2. The van der Waals surface area contributed by atoms with Crippen LogP contribution in [0.25, 0.3) is 16.8 Å². The van der Waals surface area contributed by atoms with E-state index in [1.807, 2.05) is 0 Å². The first kappa shape index (κ1) is 37.2. The lowest BCUT2D eigenvalue weighted by Gasteiger charge is -2.21. The summed E-state index contributed by atoms with van der Waals surface area (Å²) in [6.45, 7) is 5.20. The molecule has 4 rings (SSSR count). The van der Waals surface area contributed by atoms with Gasteiger partial charge in [0.25, 0.3) is 11.7 Å². The minimum Gasteiger partial charge on any atom is -0.542 e. The summed E-state index contributed by atoms with van der Waals surface area (Å²) in [6.07, 6.45) is -9.99. The summed E-state index contributed by atoms with van der Waals surface area (Å²) in [5.41, 5.74) is 5.04. The maximum Gasteiger partial charge on any atom is 0.435 e. The third-order valence-electron chi connectivity index (χ3n) is 5.96. The van der Waals surface area contributed by atoms with Crippen LogP contribution in [0, 0.1) is 0 Å². The Morgan fingerprint density at radius 3 is 2.00 bits per heavy atom. The maximum absolute atomic E-state index is 13.5. The van der Waals surface area contributed by atoms with Gasteiger partial charge >= 0.3 is 12.4 Å². The van der Waals surface area contributed by atoms with Crippen molar-refractivity contribution in [3.8, 4) is 16.8 Å². The summed E-state index contributed by atoms with van der Waals surface area (Å²) in [4.78, 5) is 22.0. The molecular formula is C30H28F6N6O5S. The first-order valence-corrected chi connectivity index (χ1v) is 15.0. The molecule has 0 aliphatic heterocycles. The number of nitrogens with zero attached hydrogens (tertiary/aromatic N) is 2. The van der Waals surface area contributed by atoms with E-state index < -0.39 is 45.5 Å². The van der Waals surface area contributed by atoms with Crippen LogP contribution in [-0.4, -0.2) is 47.6 Å². The summed E-state index contributed by atoms with van der Waals surface area (Å²) in [5, 5.41) is 20.6. The number of anilines is 1. The Kier molecular flexibility index (Phi) is 10.8. The minimum atomic E-state index is -5.19. The summed E-state index contributed by atoms with van der Waals surface area (Å²) < 4.78 is 102. The fraction of sp³-hybridized carbons (Fsp3) is 0.200. The third kappa shape index (κ3) is 9.64. The number of nitrogens with two attached hydrogens (primary N) is 2. The van der Waals surface area contributed by atoms with Gasteiger partial charge in [-0.2, -0.15) is 31.4 Å². The van der Waals surface area contributed by atoms with Crippen LogP contribution < -0.4 is 26.3 Å². The van der Waals surface area contributed by atoms with Gasteiger partial charge in [-0.1, -0.05) is 36.4 Å². The lowest BCUT2D eigenvalue weighted by Crippen LogP contribution is -2.46. The van der Waals surface area contributed by atoms with Gasteiger partial charge in [0.05, 0.1) is 16.1 Å². The topological polar surface area (TPSA) is 185 Å². The predicted octanol–water partition coefficient (Wildman–Crippen LogP) is 2.65. The monoisotopic (exact) mass is 698 g/mol. The normalized spacial score (nSPS) is 12.1. The largest absolute Gasteiger partial charge is 0.542 e. The van der Waals surface area contributed by atoms with Crippen molar-refractivity contribution in [2.45, 2.75) is 43.6 Å². The molecule has 0 saturated carbocycles. The van der Waals surface area contributed by atoms with Crippen molar-refractivity contribution >= 4 is 33.4 Å². The van der Waals surface area contributed by atoms with Crippen LogP contribution in [0.15, 0.2) is 83.8 Å². The van der Waals surface area contributed by atoms with E-state index in [1.165, 1.54) is 36.4 Å². The average molecular weight is 699 g/mol. The SMILES string of the molecule is CC(C)(C)NS(=O)(=O)c1ccccc1-c1ccc(NC(=O)c2cc(C(F)(F)F)nn2-c2cccc(C(N)=[NH2+])c2)cc1.O=C([O-])C(F)(F)F. The fourth-order valence-corrected chi connectivity index (χ4v) is 5.67. The molecule has 48 heavy (non-hydrogen) atoms. The number of benzene rings is 3. The van der Waals surface area contributed by atoms with Gasteiger partial charge in [-0.3, -0.25) is 15.9 Å². The first-order valence-electron chi connectivity index (χ1n) is 13.5. The minimum absolute atomic E-state index is 0.0512. The summed E-state index contributed by atoms with van der Waals surface area (Å²) >= 11 is 0. The second kappa shape index (κ2) is 13.9. The van der Waals surface area contributed by atoms with Gasteiger partial charge in [0, 0.05) is 22.9 Å². The molecule has 0 radical (unpaired) electrons. The Morgan fingerprint density at radius 2 is 1.48 bits per heavy atom. The number of sulfonamides is 1. The molecule has 0 spiro atoms. The second-order valence-electron chi connectivity index (χ2n) is 11.0. The zero-order chi connectivity index (χ0) is 36.2. The number of carboxylic acid groups (broad SMARTS) is 1. The first-order chi connectivity index (χ1) is 22.0. The van der Waals surface area contributed by atoms with Crippen LogP contribution >= 0.6 is 0 Å². The molecule has 0 saturated heterocycles. The molecule has 0 unspecified atom stereocenters. The highest BCUT2D eigenvalue weighted by Crippen LogP contribution is 2.31. The zero-order valence-electron chi connectivity index (χ0n) is 25.3. The molecule has 0 aliphatic carbocycles. The van der Waals surface area contributed by atoms with E-state index in [0.29, 0.717) is 22.8 Å². The number of halogens is 6. The molecule has 11 nitrogen and oxygen atoms in total. The Balaban J connectivity index is 0.000000804. The number of amidine groups is 1. The Bertz CT molecular complexity index is 1930. The van der Waals surface area contributed by atoms with Gasteiger partial charge in [-0.05, 0) is 62.7 Å². The van der Waals surface area contributed by atoms with Crippen LogP contribution in [0.3, 0.4) is 0 Å². The highest BCUT2D eigenvalue weighted by Gasteiger charge is 2.36. The van der Waals surface area contributed by atoms with Gasteiger partial charge in [-0.25, -0.2) is 17.8 Å². The molecule has 0 aliphatic rings. The van der Waals surface area contributed by atoms with Crippen LogP contribution in [0.2, 0.25) is 0 Å². The summed E-state index contributed by atoms with van der Waals surface area (Å²) in [5.74, 6) is -3.91. The van der Waals surface area contributed by atoms with E-state index in [2.05, 4.69) is 15.1 Å². The number of carbonyl (C=O) groups is 2. The van der Waals surface area contributed by atoms with Gasteiger partial charge < -0.3 is 15.2 Å². The van der Waals surface area contributed by atoms with Gasteiger partial charge in [-0.15, -0.1) is 0 Å². The highest BCUT2D eigenvalue weighted by molar-refractivity contribution is 7.89. The second-order valence-corrected chi connectivity index (χ2v) is 12.6. The molecule has 4 aromatic rings. The quantitative estimate of drug-likeness (QED) is 0.130. The van der Waals surface area contributed by atoms with Crippen LogP contribution in [0.4, 0.5) is 32.0 Å². The molecular weight excluding hydrogens is 670 g/mol. The molecule has 0 bridgehead atoms. The van der Waals surface area contributed by atoms with E-state index >= 15 is 0 Å². The van der Waals surface area contributed by atoms with Crippen molar-refractivity contribution in [2.75, 3.05) is 5.32 Å². The Hall–Kier alpha value is -5.23. The van der Waals surface area contributed by atoms with Gasteiger partial charge in [0.1, 0.15) is 11.7 Å². The highest BCUT2D eigenvalue weighted by atomic mass is 32.2. The molecule has 0 atom stereocenters. The number of rotatable bonds is 7. The molecule has 256 valence electrons. The molecule has 1 amide bonds. The van der Waals surface area contributed by atoms with Crippen LogP contribution in [0.5, 0.6) is 0 Å². The number of carboxylic acids is 1. The maximum atomic E-state index is 13.5. The van der Waals surface area contributed by atoms with E-state index in [1.54, 1.807) is 57.2 Å². The zero-order valence-corrected chi connectivity index (χ0v) is 26.1. The van der Waals surface area contributed by atoms with Crippen LogP contribution in [-0.2, 0) is 21.0 Å². The van der Waals surface area contributed by atoms with Crippen molar-refractivity contribution in [2.24, 2.45) is 5.73 Å². The Morgan fingerprint density at radius 1 is 0.896 bits per heavy atom. The van der Waals surface area contributed by atoms with E-state index in [4.69, 9.17) is 21.0 Å². The summed E-state index contributed by atoms with van der Waals surface area (Å²) in [7, 11) is -3.85. The van der Waals surface area contributed by atoms with E-state index in [-0.39, 0.29) is 27.8 Å². The third-order valence-corrected chi connectivity index (χ3v) is 7.77. The Labute approximate surface area is 269 Å². The number of hydrogen-bond donors (Lipinski definition) is 4. The molecule has 0 fully saturated rings. The number of alkyl halides is 6. The number of carbonyl (C=O) groups excluding carboxylic acids is 2. The lowest BCUT2D eigenvalue weighted by molar-refractivity contribution is -0.344. The molecule has 6 N–H and O–H groups in total. The van der Waals surface area contributed by atoms with Gasteiger partial charge in [0.2, 0.25) is 10.0 Å². The van der Waals surface area contributed by atoms with Crippen molar-refractivity contribution in [1.82, 2.24) is 14.5 Å². The van der Waals surface area contributed by atoms with Crippen molar-refractivity contribution in [3.05, 3.63) is 95.8 Å². The predicted molar refractivity (Wildman–Crippen MR) is 160 cm³/mol. The number of aliphatic carboxylic acids is 1. The summed E-state index contributed by atoms with van der Waals surface area (Å²) in [6, 6.07) is 19.3. The molecule has 18 heteroatoms. The number of nitrogens with one attached hydrogen (secondary N) is 2. The molecule has 1 aromatic heterocycles. The standard InChI is InChI=1S/C28H27F3N6O3S.C2HF3O2/c1-27(2,3)36-41(39,40)23-10-5-4-9-21(23)17-11-13-19(14-12-17)34-26(38)22-16-24(28(29,30)31)35-37(22)20-8-6-7-18(15-20)25(32)33;3-2(4,5)1(6)7/h4-16,36H,1-3H3,(H3,32,33)(H,34,38);(H,6,7). The number of amides is 1. The van der Waals surface area contributed by atoms with Crippen molar-refractivity contribution in [3.63, 3.8) is 0 Å². The van der Waals surface area contributed by atoms with Crippen LogP contribution in [0.1, 0.15) is 42.5 Å². The van der Waals surface area contributed by atoms with Crippen molar-refractivity contribution < 1.29 is 54.9 Å². The fourth-order valence-electron chi connectivity index (χ4n) is 4.02. The average Bonchev–Trinajstić information content (AvgIpc) is 3.43. The molecule has 1 heterocycles. The van der Waals surface area contributed by atoms with E-state index in [0.717, 1.165) is 4.68 Å². The van der Waals surface area contributed by atoms with E-state index in [9.17, 15) is 39.6 Å². The smallest absolute Gasteiger partial charge is 0.435 e. The lowest BCUT2D eigenvalue weighted by atomic mass is 10.1. The number of hydrogen-bond acceptors (Lipinski definition) is 6.